The number of carbonyl (C=O) groups is 2. The molecule has 1 rings (SSSR count). The molecule has 23 heavy (non-hydrogen) atoms. The van der Waals surface area contributed by atoms with E-state index in [0.717, 1.165) is 0 Å². The molecule has 0 radical (unpaired) electrons. The van der Waals surface area contributed by atoms with Crippen LogP contribution in [-0.2, 0) is 25.7 Å². The summed E-state index contributed by atoms with van der Waals surface area (Å²) < 4.78 is 19.8. The van der Waals surface area contributed by atoms with E-state index in [0.29, 0.717) is 17.1 Å². The minimum atomic E-state index is -1.82. The average Bonchev–Trinajstić information content (AvgIpc) is 2.58. The van der Waals surface area contributed by atoms with Crippen molar-refractivity contribution >= 4 is 11.9 Å². The first-order valence-corrected chi connectivity index (χ1v) is 6.65. The number of nitrogens with one attached hydrogen (secondary N) is 1. The van der Waals surface area contributed by atoms with Crippen LogP contribution >= 0.6 is 0 Å². The van der Waals surface area contributed by atoms with E-state index < -0.39 is 18.2 Å². The zero-order chi connectivity index (χ0) is 17.2. The molecule has 9 nitrogen and oxygen atoms in total. The third-order valence-corrected chi connectivity index (χ3v) is 2.76. The van der Waals surface area contributed by atoms with Crippen molar-refractivity contribution in [1.29, 1.82) is 0 Å². The fourth-order valence-corrected chi connectivity index (χ4v) is 1.53. The summed E-state index contributed by atoms with van der Waals surface area (Å²) in [5.41, 5.74) is 5.65. The SMILES string of the molecule is COc1ccc(COC(=O)[C@@H](O)OCNC(=O)CN)c(OC)c1. The summed E-state index contributed by atoms with van der Waals surface area (Å²) in [6.07, 6.45) is -1.82. The molecule has 0 fully saturated rings. The van der Waals surface area contributed by atoms with Gasteiger partial charge < -0.3 is 35.1 Å². The molecule has 0 spiro atoms. The number of esters is 1. The molecule has 1 aromatic rings. The predicted octanol–water partition coefficient (Wildman–Crippen LogP) is -0.886. The molecule has 128 valence electrons. The number of hydrogen-bond donors (Lipinski definition) is 3. The van der Waals surface area contributed by atoms with Crippen molar-refractivity contribution in [2.24, 2.45) is 5.73 Å². The summed E-state index contributed by atoms with van der Waals surface area (Å²) in [6.45, 7) is -0.707. The number of nitrogens with two attached hydrogens (primary N) is 1. The lowest BCUT2D eigenvalue weighted by Crippen LogP contribution is -2.36. The zero-order valence-corrected chi connectivity index (χ0v) is 12.9. The average molecular weight is 328 g/mol. The Bertz CT molecular complexity index is 536. The molecular weight excluding hydrogens is 308 g/mol. The minimum absolute atomic E-state index is 0.123. The van der Waals surface area contributed by atoms with E-state index in [1.54, 1.807) is 18.2 Å². The molecule has 0 aromatic heterocycles. The lowest BCUT2D eigenvalue weighted by molar-refractivity contribution is -0.186. The van der Waals surface area contributed by atoms with Crippen molar-refractivity contribution in [3.63, 3.8) is 0 Å². The van der Waals surface area contributed by atoms with Gasteiger partial charge in [-0.15, -0.1) is 0 Å². The number of aliphatic hydroxyl groups is 1. The van der Waals surface area contributed by atoms with Crippen LogP contribution in [0, 0.1) is 0 Å². The van der Waals surface area contributed by atoms with Crippen LogP contribution in [0.3, 0.4) is 0 Å². The molecule has 0 heterocycles. The van der Waals surface area contributed by atoms with Gasteiger partial charge in [0.25, 0.3) is 6.29 Å². The molecule has 0 aliphatic rings. The number of rotatable bonds is 9. The van der Waals surface area contributed by atoms with Gasteiger partial charge in [-0.25, -0.2) is 4.79 Å². The first kappa shape index (κ1) is 18.7. The summed E-state index contributed by atoms with van der Waals surface area (Å²) in [4.78, 5) is 22.4. The van der Waals surface area contributed by atoms with Gasteiger partial charge in [-0.2, -0.15) is 0 Å². The molecule has 1 amide bonds. The number of benzene rings is 1. The maximum Gasteiger partial charge on any atom is 0.363 e. The third-order valence-electron chi connectivity index (χ3n) is 2.76. The molecule has 0 saturated carbocycles. The Morgan fingerprint density at radius 3 is 2.65 bits per heavy atom. The Kier molecular flexibility index (Phi) is 7.81. The van der Waals surface area contributed by atoms with E-state index in [1.165, 1.54) is 14.2 Å². The fraction of sp³-hybridized carbons (Fsp3) is 0.429. The van der Waals surface area contributed by atoms with Crippen LogP contribution in [0.2, 0.25) is 0 Å². The summed E-state index contributed by atoms with van der Waals surface area (Å²) in [5.74, 6) is -0.405. The van der Waals surface area contributed by atoms with Crippen molar-refractivity contribution in [2.75, 3.05) is 27.5 Å². The highest BCUT2D eigenvalue weighted by atomic mass is 16.7. The molecule has 0 aliphatic heterocycles. The highest BCUT2D eigenvalue weighted by Crippen LogP contribution is 2.25. The topological polar surface area (TPSA) is 129 Å². The first-order chi connectivity index (χ1) is 11.0. The molecule has 0 bridgehead atoms. The van der Waals surface area contributed by atoms with E-state index in [4.69, 9.17) is 24.7 Å². The van der Waals surface area contributed by atoms with Crippen molar-refractivity contribution in [2.45, 2.75) is 12.9 Å². The number of amides is 1. The largest absolute Gasteiger partial charge is 0.497 e. The Labute approximate surface area is 133 Å². The van der Waals surface area contributed by atoms with Crippen LogP contribution in [0.4, 0.5) is 0 Å². The number of hydrogen-bond acceptors (Lipinski definition) is 8. The summed E-state index contributed by atoms with van der Waals surface area (Å²) in [6, 6.07) is 4.99. The Morgan fingerprint density at radius 2 is 2.04 bits per heavy atom. The van der Waals surface area contributed by atoms with Gasteiger partial charge in [0.1, 0.15) is 24.8 Å². The molecule has 9 heteroatoms. The third kappa shape index (κ3) is 6.10. The Balaban J connectivity index is 2.47. The van der Waals surface area contributed by atoms with Gasteiger partial charge in [0.05, 0.1) is 20.8 Å². The monoisotopic (exact) mass is 328 g/mol. The van der Waals surface area contributed by atoms with Gasteiger partial charge in [-0.1, -0.05) is 0 Å². The Hall–Kier alpha value is -2.36. The van der Waals surface area contributed by atoms with E-state index in [9.17, 15) is 14.7 Å². The van der Waals surface area contributed by atoms with Crippen molar-refractivity contribution < 1.29 is 33.6 Å². The minimum Gasteiger partial charge on any atom is -0.497 e. The van der Waals surface area contributed by atoms with E-state index in [1.807, 2.05) is 0 Å². The number of aliphatic hydroxyl groups excluding tert-OH is 1. The van der Waals surface area contributed by atoms with Gasteiger partial charge >= 0.3 is 5.97 Å². The summed E-state index contributed by atoms with van der Waals surface area (Å²) in [7, 11) is 2.99. The second-order valence-corrected chi connectivity index (χ2v) is 4.25. The molecule has 0 saturated heterocycles. The van der Waals surface area contributed by atoms with Crippen LogP contribution in [0.1, 0.15) is 5.56 Å². The number of carbonyl (C=O) groups excluding carboxylic acids is 2. The molecule has 0 unspecified atom stereocenters. The van der Waals surface area contributed by atoms with Crippen molar-refractivity contribution in [1.82, 2.24) is 5.32 Å². The Morgan fingerprint density at radius 1 is 1.30 bits per heavy atom. The number of ether oxygens (including phenoxy) is 4. The van der Waals surface area contributed by atoms with Crippen LogP contribution in [0.5, 0.6) is 11.5 Å². The summed E-state index contributed by atoms with van der Waals surface area (Å²) >= 11 is 0. The second-order valence-electron chi connectivity index (χ2n) is 4.25. The van der Waals surface area contributed by atoms with Crippen LogP contribution < -0.4 is 20.5 Å². The standard InChI is InChI=1S/C14H20N2O7/c1-20-10-4-3-9(11(5-10)21-2)7-22-13(18)14(19)23-8-16-12(17)6-15/h3-5,14,19H,6-8,15H2,1-2H3,(H,16,17)/t14-/m0/s1. The molecule has 0 aliphatic carbocycles. The predicted molar refractivity (Wildman–Crippen MR) is 78.5 cm³/mol. The van der Waals surface area contributed by atoms with E-state index >= 15 is 0 Å². The van der Waals surface area contributed by atoms with Crippen molar-refractivity contribution in [3.05, 3.63) is 23.8 Å². The molecule has 1 atom stereocenters. The first-order valence-electron chi connectivity index (χ1n) is 6.65. The molecule has 4 N–H and O–H groups in total. The lowest BCUT2D eigenvalue weighted by Gasteiger charge is -2.14. The van der Waals surface area contributed by atoms with Crippen LogP contribution in [0.25, 0.3) is 0 Å². The smallest absolute Gasteiger partial charge is 0.363 e. The highest BCUT2D eigenvalue weighted by Gasteiger charge is 2.18. The molecule has 1 aromatic carbocycles. The normalized spacial score (nSPS) is 11.5. The van der Waals surface area contributed by atoms with Gasteiger partial charge in [-0.3, -0.25) is 4.79 Å². The fourth-order valence-electron chi connectivity index (χ4n) is 1.53. The maximum atomic E-state index is 11.6. The van der Waals surface area contributed by atoms with Gasteiger partial charge in [0.15, 0.2) is 0 Å². The maximum absolute atomic E-state index is 11.6. The summed E-state index contributed by atoms with van der Waals surface area (Å²) in [5, 5.41) is 11.7. The number of methoxy groups -OCH3 is 2. The van der Waals surface area contributed by atoms with Gasteiger partial charge in [-0.05, 0) is 12.1 Å². The van der Waals surface area contributed by atoms with Crippen LogP contribution in [-0.4, -0.2) is 50.8 Å². The van der Waals surface area contributed by atoms with Gasteiger partial charge in [0, 0.05) is 11.6 Å². The zero-order valence-electron chi connectivity index (χ0n) is 12.9. The highest BCUT2D eigenvalue weighted by molar-refractivity contribution is 5.77. The van der Waals surface area contributed by atoms with E-state index in [-0.39, 0.29) is 19.9 Å². The molecular formula is C14H20N2O7. The van der Waals surface area contributed by atoms with Crippen molar-refractivity contribution in [3.8, 4) is 11.5 Å². The van der Waals surface area contributed by atoms with E-state index in [2.05, 4.69) is 5.32 Å². The van der Waals surface area contributed by atoms with Gasteiger partial charge in [0.2, 0.25) is 5.91 Å². The second kappa shape index (κ2) is 9.62. The lowest BCUT2D eigenvalue weighted by atomic mass is 10.2. The van der Waals surface area contributed by atoms with Crippen LogP contribution in [0.15, 0.2) is 18.2 Å². The quantitative estimate of drug-likeness (QED) is 0.393.